The van der Waals surface area contributed by atoms with Crippen molar-refractivity contribution < 1.29 is 23.7 Å². The lowest BCUT2D eigenvalue weighted by molar-refractivity contribution is 0.0469. The zero-order valence-electron chi connectivity index (χ0n) is 25.5. The molecule has 0 radical (unpaired) electrons. The van der Waals surface area contributed by atoms with E-state index in [-0.39, 0.29) is 45.2 Å². The summed E-state index contributed by atoms with van der Waals surface area (Å²) in [6.07, 6.45) is 4.95. The number of rotatable bonds is 11. The van der Waals surface area contributed by atoms with Crippen molar-refractivity contribution in [1.82, 2.24) is 9.80 Å². The van der Waals surface area contributed by atoms with Gasteiger partial charge in [0.1, 0.15) is 31.7 Å². The molecular formula is C35H43N3O5S2. The minimum absolute atomic E-state index is 0. The molecule has 0 spiro atoms. The largest absolute Gasteiger partial charge is 0.489 e. The quantitative estimate of drug-likeness (QED) is 0.250. The molecule has 0 unspecified atom stereocenters. The van der Waals surface area contributed by atoms with Crippen molar-refractivity contribution in [3.63, 3.8) is 0 Å². The lowest BCUT2D eigenvalue weighted by atomic mass is 9.92. The van der Waals surface area contributed by atoms with Crippen molar-refractivity contribution in [3.05, 3.63) is 89.5 Å². The Balaban J connectivity index is 0.00000230. The molecule has 10 heteroatoms. The highest BCUT2D eigenvalue weighted by Crippen LogP contribution is 2.33. The summed E-state index contributed by atoms with van der Waals surface area (Å²) >= 11 is 0. The average Bonchev–Trinajstić information content (AvgIpc) is 3.39. The van der Waals surface area contributed by atoms with Gasteiger partial charge in [-0.3, -0.25) is 4.90 Å². The molecule has 8 nitrogen and oxygen atoms in total. The zero-order chi connectivity index (χ0) is 29.4. The summed E-state index contributed by atoms with van der Waals surface area (Å²) in [6, 6.07) is 25.9. The summed E-state index contributed by atoms with van der Waals surface area (Å²) in [5.74, 6) is 2.88. The van der Waals surface area contributed by atoms with Crippen molar-refractivity contribution in [2.45, 2.75) is 50.9 Å². The van der Waals surface area contributed by atoms with Crippen molar-refractivity contribution >= 4 is 33.1 Å². The summed E-state index contributed by atoms with van der Waals surface area (Å²) in [6.45, 7) is 5.15. The summed E-state index contributed by atoms with van der Waals surface area (Å²) in [7, 11) is 0. The minimum atomic E-state index is -0.194. The zero-order valence-corrected chi connectivity index (χ0v) is 27.5. The van der Waals surface area contributed by atoms with Crippen LogP contribution in [-0.4, -0.2) is 67.4 Å². The number of ether oxygens (including phenoxy) is 4. The highest BCUT2D eigenvalue weighted by molar-refractivity contribution is 7.59. The van der Waals surface area contributed by atoms with Gasteiger partial charge < -0.3 is 23.8 Å². The third-order valence-corrected chi connectivity index (χ3v) is 8.69. The molecule has 0 bridgehead atoms. The van der Waals surface area contributed by atoms with Gasteiger partial charge in [0.15, 0.2) is 11.5 Å². The maximum atomic E-state index is 12.5. The molecule has 2 fully saturated rings. The van der Waals surface area contributed by atoms with E-state index < -0.39 is 0 Å². The fraction of sp³-hybridized carbons (Fsp3) is 0.429. The van der Waals surface area contributed by atoms with Crippen LogP contribution in [0.1, 0.15) is 42.4 Å². The van der Waals surface area contributed by atoms with Gasteiger partial charge in [0.25, 0.3) is 0 Å². The molecule has 3 aliphatic heterocycles. The van der Waals surface area contributed by atoms with Gasteiger partial charge in [-0.1, -0.05) is 42.5 Å². The molecule has 45 heavy (non-hydrogen) atoms. The van der Waals surface area contributed by atoms with E-state index in [1.807, 2.05) is 35.2 Å². The molecule has 3 heterocycles. The number of fused-ring (bicyclic) bond motifs is 1. The summed E-state index contributed by atoms with van der Waals surface area (Å²) in [5.41, 5.74) is 2.90. The Morgan fingerprint density at radius 1 is 0.889 bits per heavy atom. The highest BCUT2D eigenvalue weighted by atomic mass is 32.1. The van der Waals surface area contributed by atoms with E-state index >= 15 is 0 Å². The maximum Gasteiger partial charge on any atom is 0.410 e. The Kier molecular flexibility index (Phi) is 12.7. The van der Waals surface area contributed by atoms with E-state index in [1.54, 1.807) is 18.2 Å². The van der Waals surface area contributed by atoms with E-state index in [4.69, 9.17) is 24.2 Å². The Bertz CT molecular complexity index is 1410. The van der Waals surface area contributed by atoms with Crippen LogP contribution in [0.2, 0.25) is 0 Å². The number of carbonyl (C=O) groups excluding carboxylic acids is 1. The van der Waals surface area contributed by atoms with E-state index in [0.717, 1.165) is 69.6 Å². The molecule has 0 N–H and O–H groups in total. The van der Waals surface area contributed by atoms with Gasteiger partial charge in [0.2, 0.25) is 0 Å². The molecule has 3 aliphatic rings. The van der Waals surface area contributed by atoms with Gasteiger partial charge in [0, 0.05) is 19.2 Å². The average molecular weight is 650 g/mol. The van der Waals surface area contributed by atoms with E-state index in [0.29, 0.717) is 42.8 Å². The molecule has 6 rings (SSSR count). The second-order valence-electron chi connectivity index (χ2n) is 11.8. The Morgan fingerprint density at radius 2 is 1.67 bits per heavy atom. The number of piperidine rings is 1. The van der Waals surface area contributed by atoms with Gasteiger partial charge in [0.05, 0.1) is 17.7 Å². The van der Waals surface area contributed by atoms with E-state index in [9.17, 15) is 4.79 Å². The van der Waals surface area contributed by atoms with Crippen molar-refractivity contribution in [2.24, 2.45) is 5.92 Å². The van der Waals surface area contributed by atoms with Crippen LogP contribution in [0.4, 0.5) is 4.79 Å². The lowest BCUT2D eigenvalue weighted by Crippen LogP contribution is -2.44. The number of nitrogens with zero attached hydrogens (tertiary/aromatic N) is 3. The predicted octanol–water partition coefficient (Wildman–Crippen LogP) is 6.06. The number of cyclic esters (lactones) is 1. The van der Waals surface area contributed by atoms with Crippen LogP contribution in [0.3, 0.4) is 0 Å². The normalized spacial score (nSPS) is 19.5. The van der Waals surface area contributed by atoms with E-state index in [2.05, 4.69) is 35.2 Å². The molecule has 3 aromatic carbocycles. The SMILES string of the molecule is N#Cc1ccc2c(c1)O[C@@H](CN1CCC(CCCN3C(=O)OC[C@@H]3Cc3ccc(OCc4ccccc4)cc3)CC1)CO2.S.S. The first-order valence-electron chi connectivity index (χ1n) is 15.4. The number of hydrogen-bond donors (Lipinski definition) is 0. The number of hydrogen-bond acceptors (Lipinski definition) is 7. The number of likely N-dealkylation sites (tertiary alicyclic amines) is 1. The first-order valence-corrected chi connectivity index (χ1v) is 15.4. The second kappa shape index (κ2) is 16.7. The van der Waals surface area contributed by atoms with Crippen LogP contribution in [0.5, 0.6) is 17.2 Å². The number of benzene rings is 3. The first kappa shape index (κ1) is 34.4. The molecule has 240 valence electrons. The van der Waals surface area contributed by atoms with Gasteiger partial charge in [-0.15, -0.1) is 0 Å². The molecule has 2 saturated heterocycles. The lowest BCUT2D eigenvalue weighted by Gasteiger charge is -2.36. The number of amides is 1. The molecule has 0 aromatic heterocycles. The van der Waals surface area contributed by atoms with Crippen molar-refractivity contribution in [1.29, 1.82) is 5.26 Å². The molecule has 0 saturated carbocycles. The summed E-state index contributed by atoms with van der Waals surface area (Å²) in [5, 5.41) is 9.17. The molecule has 0 aliphatic carbocycles. The monoisotopic (exact) mass is 649 g/mol. The van der Waals surface area contributed by atoms with Crippen molar-refractivity contribution in [2.75, 3.05) is 39.4 Å². The van der Waals surface area contributed by atoms with Gasteiger partial charge in [-0.25, -0.2) is 4.79 Å². The predicted molar refractivity (Wildman–Crippen MR) is 183 cm³/mol. The van der Waals surface area contributed by atoms with Crippen LogP contribution in [0.15, 0.2) is 72.8 Å². The van der Waals surface area contributed by atoms with Crippen LogP contribution < -0.4 is 14.2 Å². The Labute approximate surface area is 280 Å². The van der Waals surface area contributed by atoms with Crippen molar-refractivity contribution in [3.8, 4) is 23.3 Å². The van der Waals surface area contributed by atoms with Gasteiger partial charge in [-0.2, -0.15) is 32.3 Å². The topological polar surface area (TPSA) is 84.3 Å². The third kappa shape index (κ3) is 9.25. The first-order chi connectivity index (χ1) is 21.1. The van der Waals surface area contributed by atoms with Crippen LogP contribution in [0, 0.1) is 17.2 Å². The smallest absolute Gasteiger partial charge is 0.410 e. The fourth-order valence-corrected chi connectivity index (χ4v) is 6.24. The maximum absolute atomic E-state index is 12.5. The molecule has 2 atom stereocenters. The van der Waals surface area contributed by atoms with Gasteiger partial charge in [-0.05, 0) is 86.5 Å². The van der Waals surface area contributed by atoms with Crippen LogP contribution >= 0.6 is 27.0 Å². The molecular weight excluding hydrogens is 607 g/mol. The standard InChI is InChI=1S/C35H39N3O5.2H2S/c36-21-29-10-13-33-34(20-29)43-32(25-41-33)22-37-17-14-26(15-18-37)7-4-16-38-30(24-42-35(38)39)19-27-8-11-31(12-9-27)40-23-28-5-2-1-3-6-28;;/h1-3,5-6,8-13,20,26,30,32H,4,7,14-19,22-25H2;2*1H2/t30-,32-;;/m0../s1. The fourth-order valence-electron chi connectivity index (χ4n) is 6.24. The Hall–Kier alpha value is -3.52. The highest BCUT2D eigenvalue weighted by Gasteiger charge is 2.33. The van der Waals surface area contributed by atoms with E-state index in [1.165, 1.54) is 5.56 Å². The van der Waals surface area contributed by atoms with Crippen LogP contribution in [0.25, 0.3) is 0 Å². The second-order valence-corrected chi connectivity index (χ2v) is 11.8. The van der Waals surface area contributed by atoms with Crippen LogP contribution in [-0.2, 0) is 17.8 Å². The summed E-state index contributed by atoms with van der Waals surface area (Å²) < 4.78 is 23.4. The Morgan fingerprint density at radius 3 is 2.42 bits per heavy atom. The number of carbonyl (C=O) groups is 1. The number of nitriles is 1. The third-order valence-electron chi connectivity index (χ3n) is 8.69. The molecule has 3 aromatic rings. The van der Waals surface area contributed by atoms with Gasteiger partial charge >= 0.3 is 6.09 Å². The molecule has 1 amide bonds. The summed E-state index contributed by atoms with van der Waals surface area (Å²) in [4.78, 5) is 16.9. The minimum Gasteiger partial charge on any atom is -0.489 e.